The lowest BCUT2D eigenvalue weighted by Crippen LogP contribution is -2.19. The van der Waals surface area contributed by atoms with E-state index < -0.39 is 0 Å². The molecule has 0 spiro atoms. The molecule has 0 amide bonds. The van der Waals surface area contributed by atoms with Crippen molar-refractivity contribution in [1.82, 2.24) is 0 Å². The zero-order valence-corrected chi connectivity index (χ0v) is 22.2. The molecule has 1 aliphatic heterocycles. The van der Waals surface area contributed by atoms with Gasteiger partial charge in [0.25, 0.3) is 0 Å². The summed E-state index contributed by atoms with van der Waals surface area (Å²) in [7, 11) is 3.03. The predicted octanol–water partition coefficient (Wildman–Crippen LogP) is 5.54. The number of methoxy groups -OCH3 is 2. The molecule has 1 saturated heterocycles. The molecule has 2 atom stereocenters. The molecular formula is C25H38O6S2. The third-order valence-corrected chi connectivity index (χ3v) is 8.41. The Bertz CT molecular complexity index is 784. The Balaban J connectivity index is 1.72. The minimum absolute atomic E-state index is 0.000443. The van der Waals surface area contributed by atoms with Crippen LogP contribution < -0.4 is 9.47 Å². The third-order valence-electron chi connectivity index (χ3n) is 5.53. The molecule has 1 aliphatic rings. The summed E-state index contributed by atoms with van der Waals surface area (Å²) in [6, 6.07) is 3.69. The largest absolute Gasteiger partial charge is 0.496 e. The molecule has 0 aromatic heterocycles. The van der Waals surface area contributed by atoms with Gasteiger partial charge < -0.3 is 18.9 Å². The van der Waals surface area contributed by atoms with Gasteiger partial charge in [0.05, 0.1) is 33.0 Å². The molecule has 2 rings (SSSR count). The highest BCUT2D eigenvalue weighted by molar-refractivity contribution is 8.04. The molecule has 33 heavy (non-hydrogen) atoms. The molecule has 186 valence electrons. The maximum atomic E-state index is 11.9. The normalized spacial score (nSPS) is 20.0. The number of hydrogen-bond donors (Lipinski definition) is 0. The number of benzene rings is 1. The number of rotatable bonds is 15. The first kappa shape index (κ1) is 27.9. The van der Waals surface area contributed by atoms with Gasteiger partial charge in [-0.3, -0.25) is 9.59 Å². The standard InChI is InChI=1S/C25H38O6S2/c1-6-9-21-22(12-11-20(18(2)26)24(21)29-5)30-14-8-15-32-17-19-16-31-25(3,33-19)13-7-10-23(27)28-4/h11-12,19H,6-10,13-17H2,1-5H3. The zero-order valence-electron chi connectivity index (χ0n) is 20.6. The highest BCUT2D eigenvalue weighted by Gasteiger charge is 2.36. The Kier molecular flexibility index (Phi) is 11.9. The lowest BCUT2D eigenvalue weighted by atomic mass is 10.0. The summed E-state index contributed by atoms with van der Waals surface area (Å²) in [6.45, 7) is 7.17. The number of carbonyl (C=O) groups excluding carboxylic acids is 2. The number of ether oxygens (including phenoxy) is 4. The van der Waals surface area contributed by atoms with E-state index in [4.69, 9.17) is 18.9 Å². The van der Waals surface area contributed by atoms with Gasteiger partial charge in [0, 0.05) is 23.0 Å². The van der Waals surface area contributed by atoms with E-state index in [9.17, 15) is 9.59 Å². The monoisotopic (exact) mass is 498 g/mol. The topological polar surface area (TPSA) is 71.1 Å². The van der Waals surface area contributed by atoms with Gasteiger partial charge in [-0.05, 0) is 57.4 Å². The first-order valence-electron chi connectivity index (χ1n) is 11.6. The quantitative estimate of drug-likeness (QED) is 0.177. The Hall–Kier alpha value is -1.38. The Morgan fingerprint density at radius 3 is 2.73 bits per heavy atom. The van der Waals surface area contributed by atoms with E-state index in [1.165, 1.54) is 7.11 Å². The van der Waals surface area contributed by atoms with E-state index in [-0.39, 0.29) is 16.7 Å². The van der Waals surface area contributed by atoms with Crippen LogP contribution in [0, 0.1) is 0 Å². The van der Waals surface area contributed by atoms with Crippen LogP contribution in [0.25, 0.3) is 0 Å². The second-order valence-corrected chi connectivity index (χ2v) is 11.2. The number of hydrogen-bond acceptors (Lipinski definition) is 8. The lowest BCUT2D eigenvalue weighted by Gasteiger charge is -2.22. The molecule has 0 bridgehead atoms. The maximum absolute atomic E-state index is 11.9. The minimum atomic E-state index is -0.205. The van der Waals surface area contributed by atoms with Crippen molar-refractivity contribution in [3.63, 3.8) is 0 Å². The van der Waals surface area contributed by atoms with Gasteiger partial charge in [0.15, 0.2) is 5.78 Å². The van der Waals surface area contributed by atoms with Gasteiger partial charge in [-0.1, -0.05) is 13.3 Å². The SMILES string of the molecule is CCCc1c(OCCCSCC2COC(C)(CCCC(=O)OC)S2)ccc(C(C)=O)c1OC. The average Bonchev–Trinajstić information content (AvgIpc) is 3.17. The van der Waals surface area contributed by atoms with Gasteiger partial charge in [0.2, 0.25) is 0 Å². The van der Waals surface area contributed by atoms with Crippen molar-refractivity contribution in [3.8, 4) is 11.5 Å². The average molecular weight is 499 g/mol. The lowest BCUT2D eigenvalue weighted by molar-refractivity contribution is -0.140. The van der Waals surface area contributed by atoms with Crippen LogP contribution in [0.15, 0.2) is 12.1 Å². The van der Waals surface area contributed by atoms with E-state index in [2.05, 4.69) is 13.8 Å². The number of esters is 1. The molecule has 1 aromatic carbocycles. The molecule has 1 aromatic rings. The number of carbonyl (C=O) groups is 2. The van der Waals surface area contributed by atoms with Crippen LogP contribution in [0.1, 0.15) is 68.8 Å². The molecule has 0 radical (unpaired) electrons. The summed E-state index contributed by atoms with van der Waals surface area (Å²) in [5, 5.41) is 0.471. The third kappa shape index (κ3) is 8.72. The summed E-state index contributed by atoms with van der Waals surface area (Å²) >= 11 is 3.80. The van der Waals surface area contributed by atoms with Crippen molar-refractivity contribution in [2.24, 2.45) is 0 Å². The van der Waals surface area contributed by atoms with Crippen LogP contribution in [0.5, 0.6) is 11.5 Å². The van der Waals surface area contributed by atoms with Crippen molar-refractivity contribution in [2.75, 3.05) is 38.9 Å². The minimum Gasteiger partial charge on any atom is -0.496 e. The summed E-state index contributed by atoms with van der Waals surface area (Å²) in [5.74, 6) is 3.35. The fraction of sp³-hybridized carbons (Fsp3) is 0.680. The fourth-order valence-corrected chi connectivity index (χ4v) is 6.51. The molecule has 0 saturated carbocycles. The van der Waals surface area contributed by atoms with Crippen LogP contribution in [0.3, 0.4) is 0 Å². The summed E-state index contributed by atoms with van der Waals surface area (Å²) in [6.07, 6.45) is 4.79. The highest BCUT2D eigenvalue weighted by Crippen LogP contribution is 2.42. The second kappa shape index (κ2) is 14.1. The van der Waals surface area contributed by atoms with E-state index >= 15 is 0 Å². The Morgan fingerprint density at radius 1 is 1.27 bits per heavy atom. The molecule has 1 heterocycles. The first-order chi connectivity index (χ1) is 15.8. The van der Waals surface area contributed by atoms with Crippen LogP contribution in [-0.2, 0) is 20.7 Å². The van der Waals surface area contributed by atoms with Crippen LogP contribution in [0.4, 0.5) is 0 Å². The molecular weight excluding hydrogens is 460 g/mol. The van der Waals surface area contributed by atoms with Crippen LogP contribution >= 0.6 is 23.5 Å². The highest BCUT2D eigenvalue weighted by atomic mass is 32.2. The molecule has 6 nitrogen and oxygen atoms in total. The zero-order chi connectivity index (χ0) is 24.3. The second-order valence-electron chi connectivity index (χ2n) is 8.32. The van der Waals surface area contributed by atoms with Crippen LogP contribution in [0.2, 0.25) is 0 Å². The summed E-state index contributed by atoms with van der Waals surface area (Å²) in [5.41, 5.74) is 1.59. The van der Waals surface area contributed by atoms with E-state index in [1.54, 1.807) is 20.1 Å². The molecule has 0 N–H and O–H groups in total. The summed E-state index contributed by atoms with van der Waals surface area (Å²) in [4.78, 5) is 23.0. The van der Waals surface area contributed by atoms with E-state index in [0.717, 1.165) is 61.5 Å². The Morgan fingerprint density at radius 2 is 2.06 bits per heavy atom. The molecule has 2 unspecified atom stereocenters. The first-order valence-corrected chi connectivity index (χ1v) is 13.7. The fourth-order valence-electron chi connectivity index (χ4n) is 3.86. The van der Waals surface area contributed by atoms with Crippen molar-refractivity contribution in [1.29, 1.82) is 0 Å². The van der Waals surface area contributed by atoms with Crippen LogP contribution in [-0.4, -0.2) is 60.9 Å². The smallest absolute Gasteiger partial charge is 0.305 e. The number of ketones is 1. The van der Waals surface area contributed by atoms with Crippen molar-refractivity contribution in [2.45, 2.75) is 69.5 Å². The molecule has 1 fully saturated rings. The number of Topliss-reactive ketones (excluding diaryl/α,β-unsaturated/α-hetero) is 1. The predicted molar refractivity (Wildman–Crippen MR) is 136 cm³/mol. The van der Waals surface area contributed by atoms with Crippen molar-refractivity contribution < 1.29 is 28.5 Å². The van der Waals surface area contributed by atoms with E-state index in [1.807, 2.05) is 29.6 Å². The Labute approximate surface area is 206 Å². The summed E-state index contributed by atoms with van der Waals surface area (Å²) < 4.78 is 22.4. The van der Waals surface area contributed by atoms with Crippen molar-refractivity contribution in [3.05, 3.63) is 23.3 Å². The molecule has 8 heteroatoms. The van der Waals surface area contributed by atoms with Gasteiger partial charge in [-0.25, -0.2) is 0 Å². The van der Waals surface area contributed by atoms with E-state index in [0.29, 0.717) is 29.6 Å². The maximum Gasteiger partial charge on any atom is 0.305 e. The van der Waals surface area contributed by atoms with Gasteiger partial charge in [-0.2, -0.15) is 11.8 Å². The van der Waals surface area contributed by atoms with Gasteiger partial charge in [0.1, 0.15) is 16.4 Å². The van der Waals surface area contributed by atoms with Crippen molar-refractivity contribution >= 4 is 35.3 Å². The number of thioether (sulfide) groups is 2. The molecule has 0 aliphatic carbocycles. The van der Waals surface area contributed by atoms with Gasteiger partial charge >= 0.3 is 5.97 Å². The van der Waals surface area contributed by atoms with Gasteiger partial charge in [-0.15, -0.1) is 11.8 Å².